The average molecular weight is 357 g/mol. The standard InChI is InChI=1S/C22H20N4.H3N/c1-15-20-22(24-14-23-15)26(21(25-20)17-10-6-3-7-11-17)19-13-12-18(19)16-8-4-2-5-9-16;/h2-11,14,18-19H,12-13H2,1H3;1H3. The van der Waals surface area contributed by atoms with E-state index >= 15 is 0 Å². The van der Waals surface area contributed by atoms with E-state index in [4.69, 9.17) is 4.98 Å². The highest BCUT2D eigenvalue weighted by atomic mass is 15.2. The molecule has 5 rings (SSSR count). The lowest BCUT2D eigenvalue weighted by atomic mass is 9.74. The van der Waals surface area contributed by atoms with Crippen LogP contribution >= 0.6 is 0 Å². The van der Waals surface area contributed by atoms with Crippen LogP contribution in [-0.4, -0.2) is 19.5 Å². The van der Waals surface area contributed by atoms with Crippen molar-refractivity contribution in [3.63, 3.8) is 0 Å². The Labute approximate surface area is 158 Å². The number of benzene rings is 2. The SMILES string of the molecule is Cc1ncnc2c1nc(-c1ccccc1)n2C1CCC1c1ccccc1.N. The molecular formula is C22H23N5. The van der Waals surface area contributed by atoms with Gasteiger partial charge in [-0.3, -0.25) is 0 Å². The first-order valence-electron chi connectivity index (χ1n) is 9.13. The molecule has 2 aromatic heterocycles. The van der Waals surface area contributed by atoms with Crippen LogP contribution in [0.2, 0.25) is 0 Å². The summed E-state index contributed by atoms with van der Waals surface area (Å²) >= 11 is 0. The summed E-state index contributed by atoms with van der Waals surface area (Å²) in [5.41, 5.74) is 5.31. The van der Waals surface area contributed by atoms with Gasteiger partial charge in [0.1, 0.15) is 17.7 Å². The minimum atomic E-state index is 0. The minimum Gasteiger partial charge on any atom is -0.344 e. The van der Waals surface area contributed by atoms with Gasteiger partial charge < -0.3 is 10.7 Å². The third-order valence-electron chi connectivity index (χ3n) is 5.49. The maximum atomic E-state index is 4.95. The Balaban J connectivity index is 0.00000180. The summed E-state index contributed by atoms with van der Waals surface area (Å²) in [5, 5.41) is 0. The van der Waals surface area contributed by atoms with E-state index in [9.17, 15) is 0 Å². The molecule has 2 aromatic carbocycles. The zero-order valence-corrected chi connectivity index (χ0v) is 15.4. The maximum absolute atomic E-state index is 4.95. The van der Waals surface area contributed by atoms with Crippen LogP contribution < -0.4 is 6.15 Å². The van der Waals surface area contributed by atoms with Crippen molar-refractivity contribution in [3.8, 4) is 11.4 Å². The van der Waals surface area contributed by atoms with Crippen LogP contribution in [0.3, 0.4) is 0 Å². The normalized spacial score (nSPS) is 18.7. The number of nitrogens with zero attached hydrogens (tertiary/aromatic N) is 4. The molecule has 2 atom stereocenters. The van der Waals surface area contributed by atoms with Crippen molar-refractivity contribution in [2.45, 2.75) is 31.7 Å². The second kappa shape index (κ2) is 6.93. The van der Waals surface area contributed by atoms with Crippen LogP contribution in [0.15, 0.2) is 67.0 Å². The Bertz CT molecular complexity index is 1060. The number of rotatable bonds is 3. The molecule has 0 bridgehead atoms. The van der Waals surface area contributed by atoms with E-state index in [-0.39, 0.29) is 6.15 Å². The monoisotopic (exact) mass is 357 g/mol. The molecule has 0 aliphatic heterocycles. The summed E-state index contributed by atoms with van der Waals surface area (Å²) < 4.78 is 2.35. The molecule has 0 spiro atoms. The minimum absolute atomic E-state index is 0. The van der Waals surface area contributed by atoms with Crippen LogP contribution in [0.5, 0.6) is 0 Å². The Morgan fingerprint density at radius 1 is 0.889 bits per heavy atom. The molecule has 5 heteroatoms. The van der Waals surface area contributed by atoms with E-state index in [0.717, 1.165) is 34.7 Å². The van der Waals surface area contributed by atoms with Crippen LogP contribution in [0.25, 0.3) is 22.6 Å². The summed E-state index contributed by atoms with van der Waals surface area (Å²) in [4.78, 5) is 13.9. The van der Waals surface area contributed by atoms with Gasteiger partial charge in [0, 0.05) is 17.5 Å². The molecule has 0 saturated heterocycles. The largest absolute Gasteiger partial charge is 0.344 e. The molecular weight excluding hydrogens is 334 g/mol. The number of fused-ring (bicyclic) bond motifs is 1. The predicted octanol–water partition coefficient (Wildman–Crippen LogP) is 5.08. The van der Waals surface area contributed by atoms with Crippen molar-refractivity contribution in [1.82, 2.24) is 25.7 Å². The van der Waals surface area contributed by atoms with Crippen LogP contribution in [-0.2, 0) is 0 Å². The second-order valence-corrected chi connectivity index (χ2v) is 6.96. The smallest absolute Gasteiger partial charge is 0.164 e. The van der Waals surface area contributed by atoms with Crippen LogP contribution in [0, 0.1) is 6.92 Å². The van der Waals surface area contributed by atoms with Gasteiger partial charge in [-0.15, -0.1) is 0 Å². The van der Waals surface area contributed by atoms with Crippen molar-refractivity contribution >= 4 is 11.2 Å². The Morgan fingerprint density at radius 3 is 2.26 bits per heavy atom. The molecule has 1 aliphatic carbocycles. The van der Waals surface area contributed by atoms with E-state index in [1.165, 1.54) is 12.0 Å². The molecule has 4 aromatic rings. The predicted molar refractivity (Wildman–Crippen MR) is 108 cm³/mol. The molecule has 1 saturated carbocycles. The third kappa shape index (κ3) is 2.80. The maximum Gasteiger partial charge on any atom is 0.164 e. The highest BCUT2D eigenvalue weighted by molar-refractivity contribution is 5.79. The molecule has 2 heterocycles. The number of hydrogen-bond donors (Lipinski definition) is 1. The van der Waals surface area contributed by atoms with Gasteiger partial charge in [0.05, 0.1) is 5.69 Å². The number of aryl methyl sites for hydroxylation is 1. The highest BCUT2D eigenvalue weighted by Crippen LogP contribution is 2.48. The first-order valence-corrected chi connectivity index (χ1v) is 9.13. The zero-order valence-electron chi connectivity index (χ0n) is 15.4. The van der Waals surface area contributed by atoms with Crippen molar-refractivity contribution in [1.29, 1.82) is 0 Å². The van der Waals surface area contributed by atoms with Crippen molar-refractivity contribution in [2.24, 2.45) is 0 Å². The van der Waals surface area contributed by atoms with Gasteiger partial charge in [-0.05, 0) is 25.3 Å². The van der Waals surface area contributed by atoms with Crippen LogP contribution in [0.4, 0.5) is 0 Å². The molecule has 1 aliphatic rings. The molecule has 1 fully saturated rings. The van der Waals surface area contributed by atoms with Crippen molar-refractivity contribution in [3.05, 3.63) is 78.2 Å². The third-order valence-corrected chi connectivity index (χ3v) is 5.49. The summed E-state index contributed by atoms with van der Waals surface area (Å²) in [6.07, 6.45) is 4.00. The van der Waals surface area contributed by atoms with Gasteiger partial charge in [0.2, 0.25) is 0 Å². The topological polar surface area (TPSA) is 78.6 Å². The molecule has 27 heavy (non-hydrogen) atoms. The fourth-order valence-electron chi connectivity index (χ4n) is 4.01. The van der Waals surface area contributed by atoms with Gasteiger partial charge in [0.15, 0.2) is 5.65 Å². The van der Waals surface area contributed by atoms with E-state index < -0.39 is 0 Å². The van der Waals surface area contributed by atoms with Gasteiger partial charge >= 0.3 is 0 Å². The molecule has 5 nitrogen and oxygen atoms in total. The molecule has 0 radical (unpaired) electrons. The summed E-state index contributed by atoms with van der Waals surface area (Å²) in [6, 6.07) is 21.6. The lowest BCUT2D eigenvalue weighted by Crippen LogP contribution is -2.28. The molecule has 2 unspecified atom stereocenters. The fourth-order valence-corrected chi connectivity index (χ4v) is 4.01. The number of hydrogen-bond acceptors (Lipinski definition) is 4. The Hall–Kier alpha value is -3.05. The lowest BCUT2D eigenvalue weighted by Gasteiger charge is -2.39. The van der Waals surface area contributed by atoms with Crippen LogP contribution in [0.1, 0.15) is 36.1 Å². The second-order valence-electron chi connectivity index (χ2n) is 6.96. The van der Waals surface area contributed by atoms with E-state index in [0.29, 0.717) is 12.0 Å². The lowest BCUT2D eigenvalue weighted by molar-refractivity contribution is 0.263. The molecule has 0 amide bonds. The van der Waals surface area contributed by atoms with Gasteiger partial charge in [0.25, 0.3) is 0 Å². The summed E-state index contributed by atoms with van der Waals surface area (Å²) in [5.74, 6) is 1.50. The molecule has 3 N–H and O–H groups in total. The van der Waals surface area contributed by atoms with Gasteiger partial charge in [-0.2, -0.15) is 0 Å². The van der Waals surface area contributed by atoms with Crippen molar-refractivity contribution < 1.29 is 0 Å². The summed E-state index contributed by atoms with van der Waals surface area (Å²) in [7, 11) is 0. The van der Waals surface area contributed by atoms with E-state index in [2.05, 4.69) is 69.1 Å². The first-order chi connectivity index (χ1) is 12.8. The van der Waals surface area contributed by atoms with Crippen molar-refractivity contribution in [2.75, 3.05) is 0 Å². The number of aromatic nitrogens is 4. The van der Waals surface area contributed by atoms with Gasteiger partial charge in [-0.1, -0.05) is 60.7 Å². The quantitative estimate of drug-likeness (QED) is 0.554. The molecule has 136 valence electrons. The van der Waals surface area contributed by atoms with E-state index in [1.807, 2.05) is 13.0 Å². The highest BCUT2D eigenvalue weighted by Gasteiger charge is 2.36. The Kier molecular flexibility index (Phi) is 4.46. The number of imidazole rings is 1. The average Bonchev–Trinajstić information content (AvgIpc) is 3.03. The first kappa shape index (κ1) is 17.4. The van der Waals surface area contributed by atoms with E-state index in [1.54, 1.807) is 6.33 Å². The van der Waals surface area contributed by atoms with Gasteiger partial charge in [-0.25, -0.2) is 15.0 Å². The fraction of sp³-hybridized carbons (Fsp3) is 0.227. The Morgan fingerprint density at radius 2 is 1.59 bits per heavy atom. The zero-order chi connectivity index (χ0) is 17.5. The summed E-state index contributed by atoms with van der Waals surface area (Å²) in [6.45, 7) is 2.01.